The van der Waals surface area contributed by atoms with Crippen molar-refractivity contribution in [2.45, 2.75) is 19.4 Å². The molecule has 0 amide bonds. The predicted octanol–water partition coefficient (Wildman–Crippen LogP) is 6.09. The van der Waals surface area contributed by atoms with Crippen LogP contribution in [-0.4, -0.2) is 6.54 Å². The highest BCUT2D eigenvalue weighted by Gasteiger charge is 2.20. The Bertz CT molecular complexity index is 634. The van der Waals surface area contributed by atoms with Crippen LogP contribution in [0.3, 0.4) is 0 Å². The van der Waals surface area contributed by atoms with Gasteiger partial charge in [-0.25, -0.2) is 4.39 Å². The summed E-state index contributed by atoms with van der Waals surface area (Å²) in [5.74, 6) is -0.303. The minimum absolute atomic E-state index is 0.228. The van der Waals surface area contributed by atoms with Gasteiger partial charge in [0.05, 0.1) is 6.04 Å². The molecular formula is C16H15Br2ClFN. The van der Waals surface area contributed by atoms with Crippen LogP contribution < -0.4 is 5.32 Å². The van der Waals surface area contributed by atoms with Crippen LogP contribution in [0.4, 0.5) is 4.39 Å². The Morgan fingerprint density at radius 2 is 1.90 bits per heavy atom. The number of nitrogens with one attached hydrogen (secondary N) is 1. The van der Waals surface area contributed by atoms with Gasteiger partial charge in [-0.2, -0.15) is 0 Å². The molecule has 0 saturated heterocycles. The van der Waals surface area contributed by atoms with Gasteiger partial charge in [0, 0.05) is 19.5 Å². The van der Waals surface area contributed by atoms with Crippen molar-refractivity contribution < 1.29 is 4.39 Å². The summed E-state index contributed by atoms with van der Waals surface area (Å²) in [6.45, 7) is 2.88. The first-order valence-electron chi connectivity index (χ1n) is 6.66. The smallest absolute Gasteiger partial charge is 0.129 e. The highest BCUT2D eigenvalue weighted by Crippen LogP contribution is 2.33. The SMILES string of the molecule is CCCNC(c1ccc(Cl)cc1F)c1cc(Br)ccc1Br. The van der Waals surface area contributed by atoms with Crippen molar-refractivity contribution in [2.75, 3.05) is 6.54 Å². The molecule has 0 aromatic heterocycles. The fourth-order valence-corrected chi connectivity index (χ4v) is 3.16. The third kappa shape index (κ3) is 4.28. The minimum atomic E-state index is -0.303. The van der Waals surface area contributed by atoms with Gasteiger partial charge in [-0.3, -0.25) is 0 Å². The van der Waals surface area contributed by atoms with E-state index < -0.39 is 0 Å². The van der Waals surface area contributed by atoms with E-state index in [9.17, 15) is 4.39 Å². The molecule has 112 valence electrons. The molecule has 0 aliphatic carbocycles. The van der Waals surface area contributed by atoms with Gasteiger partial charge in [-0.15, -0.1) is 0 Å². The van der Waals surface area contributed by atoms with Crippen LogP contribution in [0.25, 0.3) is 0 Å². The van der Waals surface area contributed by atoms with Crippen LogP contribution in [0.2, 0.25) is 5.02 Å². The molecular weight excluding hydrogens is 420 g/mol. The van der Waals surface area contributed by atoms with Crippen LogP contribution in [0.1, 0.15) is 30.5 Å². The van der Waals surface area contributed by atoms with Gasteiger partial charge >= 0.3 is 0 Å². The lowest BCUT2D eigenvalue weighted by Gasteiger charge is -2.22. The van der Waals surface area contributed by atoms with Crippen LogP contribution in [0, 0.1) is 5.82 Å². The fourth-order valence-electron chi connectivity index (χ4n) is 2.15. The summed E-state index contributed by atoms with van der Waals surface area (Å²) in [6.07, 6.45) is 0.970. The van der Waals surface area contributed by atoms with Crippen molar-refractivity contribution in [1.82, 2.24) is 5.32 Å². The molecule has 0 bridgehead atoms. The molecule has 0 saturated carbocycles. The Morgan fingerprint density at radius 3 is 2.57 bits per heavy atom. The van der Waals surface area contributed by atoms with Crippen molar-refractivity contribution >= 4 is 43.5 Å². The Labute approximate surface area is 146 Å². The summed E-state index contributed by atoms with van der Waals surface area (Å²) >= 11 is 12.9. The topological polar surface area (TPSA) is 12.0 Å². The van der Waals surface area contributed by atoms with Gasteiger partial charge in [0.15, 0.2) is 0 Å². The fraction of sp³-hybridized carbons (Fsp3) is 0.250. The Balaban J connectivity index is 2.49. The van der Waals surface area contributed by atoms with E-state index in [0.29, 0.717) is 10.6 Å². The van der Waals surface area contributed by atoms with Crippen LogP contribution in [0.15, 0.2) is 45.3 Å². The minimum Gasteiger partial charge on any atom is -0.306 e. The van der Waals surface area contributed by atoms with Gasteiger partial charge in [0.2, 0.25) is 0 Å². The summed E-state index contributed by atoms with van der Waals surface area (Å²) in [4.78, 5) is 0. The molecule has 0 fully saturated rings. The lowest BCUT2D eigenvalue weighted by Crippen LogP contribution is -2.24. The van der Waals surface area contributed by atoms with Crippen LogP contribution in [0.5, 0.6) is 0 Å². The summed E-state index contributed by atoms with van der Waals surface area (Å²) in [7, 11) is 0. The second kappa shape index (κ2) is 7.73. The Kier molecular flexibility index (Phi) is 6.23. The van der Waals surface area contributed by atoms with E-state index in [1.54, 1.807) is 12.1 Å². The first kappa shape index (κ1) is 16.9. The molecule has 0 radical (unpaired) electrons. The molecule has 21 heavy (non-hydrogen) atoms. The van der Waals surface area contributed by atoms with Crippen molar-refractivity contribution in [3.8, 4) is 0 Å². The van der Waals surface area contributed by atoms with E-state index in [1.165, 1.54) is 6.07 Å². The average molecular weight is 436 g/mol. The Hall–Kier alpha value is -0.420. The van der Waals surface area contributed by atoms with E-state index in [1.807, 2.05) is 18.2 Å². The molecule has 0 spiro atoms. The van der Waals surface area contributed by atoms with E-state index >= 15 is 0 Å². The second-order valence-corrected chi connectivity index (χ2v) is 6.93. The number of halogens is 4. The van der Waals surface area contributed by atoms with Gasteiger partial charge in [-0.1, -0.05) is 56.5 Å². The van der Waals surface area contributed by atoms with E-state index in [-0.39, 0.29) is 11.9 Å². The highest BCUT2D eigenvalue weighted by atomic mass is 79.9. The zero-order valence-electron chi connectivity index (χ0n) is 11.5. The number of rotatable bonds is 5. The molecule has 1 N–H and O–H groups in total. The summed E-state index contributed by atoms with van der Waals surface area (Å²) in [5.41, 5.74) is 1.57. The maximum Gasteiger partial charge on any atom is 0.129 e. The normalized spacial score (nSPS) is 12.4. The molecule has 2 aromatic carbocycles. The third-order valence-corrected chi connectivity index (χ3v) is 4.59. The maximum absolute atomic E-state index is 14.3. The molecule has 5 heteroatoms. The molecule has 1 unspecified atom stereocenters. The molecule has 0 aliphatic rings. The van der Waals surface area contributed by atoms with Crippen LogP contribution in [-0.2, 0) is 0 Å². The Morgan fingerprint density at radius 1 is 1.14 bits per heavy atom. The number of hydrogen-bond donors (Lipinski definition) is 1. The monoisotopic (exact) mass is 433 g/mol. The maximum atomic E-state index is 14.3. The number of hydrogen-bond acceptors (Lipinski definition) is 1. The standard InChI is InChI=1S/C16H15Br2ClFN/c1-2-7-21-16(12-5-4-11(19)9-15(12)20)13-8-10(17)3-6-14(13)18/h3-6,8-9,16,21H,2,7H2,1H3. The highest BCUT2D eigenvalue weighted by molar-refractivity contribution is 9.11. The summed E-state index contributed by atoms with van der Waals surface area (Å²) in [5, 5.41) is 3.80. The second-order valence-electron chi connectivity index (χ2n) is 4.72. The average Bonchev–Trinajstić information content (AvgIpc) is 2.44. The van der Waals surface area contributed by atoms with Crippen LogP contribution >= 0.6 is 43.5 Å². The zero-order chi connectivity index (χ0) is 15.4. The molecule has 2 rings (SSSR count). The largest absolute Gasteiger partial charge is 0.306 e. The van der Waals surface area contributed by atoms with E-state index in [0.717, 1.165) is 27.5 Å². The van der Waals surface area contributed by atoms with E-state index in [2.05, 4.69) is 44.1 Å². The quantitative estimate of drug-likeness (QED) is 0.599. The van der Waals surface area contributed by atoms with E-state index in [4.69, 9.17) is 11.6 Å². The molecule has 0 heterocycles. The third-order valence-electron chi connectivity index (χ3n) is 3.14. The van der Waals surface area contributed by atoms with Gasteiger partial charge in [-0.05, 0) is 48.9 Å². The van der Waals surface area contributed by atoms with Gasteiger partial charge in [0.1, 0.15) is 5.82 Å². The molecule has 1 nitrogen and oxygen atoms in total. The predicted molar refractivity (Wildman–Crippen MR) is 93.4 cm³/mol. The van der Waals surface area contributed by atoms with Crippen molar-refractivity contribution in [2.24, 2.45) is 0 Å². The van der Waals surface area contributed by atoms with Crippen molar-refractivity contribution in [3.63, 3.8) is 0 Å². The summed E-state index contributed by atoms with van der Waals surface area (Å²) in [6, 6.07) is 10.5. The lowest BCUT2D eigenvalue weighted by atomic mass is 9.98. The molecule has 1 atom stereocenters. The molecule has 2 aromatic rings. The summed E-state index contributed by atoms with van der Waals surface area (Å²) < 4.78 is 16.2. The van der Waals surface area contributed by atoms with Gasteiger partial charge in [0.25, 0.3) is 0 Å². The zero-order valence-corrected chi connectivity index (χ0v) is 15.4. The van der Waals surface area contributed by atoms with Crippen molar-refractivity contribution in [1.29, 1.82) is 0 Å². The number of benzene rings is 2. The lowest BCUT2D eigenvalue weighted by molar-refractivity contribution is 0.545. The first-order chi connectivity index (χ1) is 10.0. The van der Waals surface area contributed by atoms with Gasteiger partial charge < -0.3 is 5.32 Å². The molecule has 0 aliphatic heterocycles. The van der Waals surface area contributed by atoms with Crippen molar-refractivity contribution in [3.05, 3.63) is 67.3 Å². The first-order valence-corrected chi connectivity index (χ1v) is 8.62.